The van der Waals surface area contributed by atoms with Crippen molar-refractivity contribution in [2.45, 2.75) is 5.92 Å². The molecule has 0 aliphatic carbocycles. The summed E-state index contributed by atoms with van der Waals surface area (Å²) in [6, 6.07) is 0. The number of rotatable bonds is 2. The van der Waals surface area contributed by atoms with Crippen LogP contribution in [0.5, 0.6) is 0 Å². The van der Waals surface area contributed by atoms with Crippen molar-refractivity contribution in [3.63, 3.8) is 0 Å². The Morgan fingerprint density at radius 1 is 1.73 bits per heavy atom. The standard InChI is InChI=1S/C7H8N2OS/c10-4-6-3-9-7(11-6)5-1-8-2-5/h3-5,8H,1-2H2. The van der Waals surface area contributed by atoms with Crippen LogP contribution >= 0.6 is 11.3 Å². The molecule has 1 N–H and O–H groups in total. The lowest BCUT2D eigenvalue weighted by molar-refractivity contribution is 0.112. The summed E-state index contributed by atoms with van der Waals surface area (Å²) >= 11 is 1.50. The van der Waals surface area contributed by atoms with Gasteiger partial charge in [-0.25, -0.2) is 4.98 Å². The zero-order valence-corrected chi connectivity index (χ0v) is 6.73. The molecular weight excluding hydrogens is 160 g/mol. The molecule has 3 nitrogen and oxygen atoms in total. The molecule has 2 rings (SSSR count). The Morgan fingerprint density at radius 2 is 2.55 bits per heavy atom. The van der Waals surface area contributed by atoms with Crippen LogP contribution in [0.25, 0.3) is 0 Å². The van der Waals surface area contributed by atoms with Crippen molar-refractivity contribution in [1.82, 2.24) is 10.3 Å². The maximum atomic E-state index is 10.3. The quantitative estimate of drug-likeness (QED) is 0.659. The van der Waals surface area contributed by atoms with Crippen LogP contribution < -0.4 is 5.32 Å². The van der Waals surface area contributed by atoms with E-state index < -0.39 is 0 Å². The van der Waals surface area contributed by atoms with Gasteiger partial charge in [0.2, 0.25) is 0 Å². The zero-order valence-electron chi connectivity index (χ0n) is 5.91. The Kier molecular flexibility index (Phi) is 1.71. The number of aldehydes is 1. The normalized spacial score (nSPS) is 17.8. The van der Waals surface area contributed by atoms with E-state index in [1.807, 2.05) is 0 Å². The van der Waals surface area contributed by atoms with Crippen molar-refractivity contribution in [2.24, 2.45) is 0 Å². The predicted octanol–water partition coefficient (Wildman–Crippen LogP) is 0.642. The highest BCUT2D eigenvalue weighted by molar-refractivity contribution is 7.13. The van der Waals surface area contributed by atoms with Gasteiger partial charge >= 0.3 is 0 Å². The van der Waals surface area contributed by atoms with E-state index in [1.54, 1.807) is 6.20 Å². The summed E-state index contributed by atoms with van der Waals surface area (Å²) in [5, 5.41) is 4.25. The van der Waals surface area contributed by atoms with E-state index >= 15 is 0 Å². The third kappa shape index (κ3) is 1.19. The van der Waals surface area contributed by atoms with E-state index in [9.17, 15) is 4.79 Å². The van der Waals surface area contributed by atoms with E-state index in [2.05, 4.69) is 10.3 Å². The van der Waals surface area contributed by atoms with Gasteiger partial charge in [-0.1, -0.05) is 0 Å². The van der Waals surface area contributed by atoms with Crippen LogP contribution in [0.1, 0.15) is 20.6 Å². The number of nitrogens with one attached hydrogen (secondary N) is 1. The first kappa shape index (κ1) is 6.94. The van der Waals surface area contributed by atoms with Crippen LogP contribution in [-0.2, 0) is 0 Å². The lowest BCUT2D eigenvalue weighted by atomic mass is 10.1. The molecule has 1 aromatic heterocycles. The molecule has 1 aliphatic rings. The SMILES string of the molecule is O=Cc1cnc(C2CNC2)s1. The van der Waals surface area contributed by atoms with E-state index in [0.717, 1.165) is 29.3 Å². The molecular formula is C7H8N2OS. The van der Waals surface area contributed by atoms with Crippen molar-refractivity contribution in [3.8, 4) is 0 Å². The van der Waals surface area contributed by atoms with Gasteiger partial charge in [-0.3, -0.25) is 4.79 Å². The fraction of sp³-hybridized carbons (Fsp3) is 0.429. The Labute approximate surface area is 68.5 Å². The van der Waals surface area contributed by atoms with Gasteiger partial charge in [0, 0.05) is 25.2 Å². The van der Waals surface area contributed by atoms with Gasteiger partial charge < -0.3 is 5.32 Å². The second-order valence-corrected chi connectivity index (χ2v) is 3.67. The van der Waals surface area contributed by atoms with E-state index in [0.29, 0.717) is 5.92 Å². The third-order valence-electron chi connectivity index (χ3n) is 1.79. The predicted molar refractivity (Wildman–Crippen MR) is 43.1 cm³/mol. The summed E-state index contributed by atoms with van der Waals surface area (Å²) in [6.07, 6.45) is 2.50. The van der Waals surface area contributed by atoms with Crippen LogP contribution in [0.4, 0.5) is 0 Å². The fourth-order valence-electron chi connectivity index (χ4n) is 1.01. The second-order valence-electron chi connectivity index (χ2n) is 2.57. The largest absolute Gasteiger partial charge is 0.315 e. The molecule has 0 saturated carbocycles. The summed E-state index contributed by atoms with van der Waals surface area (Å²) < 4.78 is 0. The van der Waals surface area contributed by atoms with Crippen LogP contribution in [-0.4, -0.2) is 24.4 Å². The summed E-state index contributed by atoms with van der Waals surface area (Å²) in [7, 11) is 0. The van der Waals surface area contributed by atoms with Crippen LogP contribution in [0.2, 0.25) is 0 Å². The molecule has 0 radical (unpaired) electrons. The van der Waals surface area contributed by atoms with Crippen molar-refractivity contribution in [1.29, 1.82) is 0 Å². The number of nitrogens with zero attached hydrogens (tertiary/aromatic N) is 1. The molecule has 0 aromatic carbocycles. The van der Waals surface area contributed by atoms with Crippen LogP contribution in [0, 0.1) is 0 Å². The molecule has 1 aliphatic heterocycles. The average molecular weight is 168 g/mol. The summed E-state index contributed by atoms with van der Waals surface area (Å²) in [5.41, 5.74) is 0. The molecule has 1 aromatic rings. The van der Waals surface area contributed by atoms with Gasteiger partial charge in [0.05, 0.1) is 9.88 Å². The first-order chi connectivity index (χ1) is 5.40. The van der Waals surface area contributed by atoms with Gasteiger partial charge in [0.1, 0.15) is 0 Å². The Balaban J connectivity index is 2.17. The molecule has 2 heterocycles. The molecule has 58 valence electrons. The highest BCUT2D eigenvalue weighted by Gasteiger charge is 2.21. The fourth-order valence-corrected chi connectivity index (χ4v) is 1.84. The molecule has 1 saturated heterocycles. The number of carbonyl (C=O) groups is 1. The van der Waals surface area contributed by atoms with Crippen molar-refractivity contribution in [3.05, 3.63) is 16.1 Å². The Morgan fingerprint density at radius 3 is 3.00 bits per heavy atom. The molecule has 0 bridgehead atoms. The molecule has 0 atom stereocenters. The maximum absolute atomic E-state index is 10.3. The van der Waals surface area contributed by atoms with E-state index in [1.165, 1.54) is 11.3 Å². The van der Waals surface area contributed by atoms with Gasteiger partial charge in [0.15, 0.2) is 6.29 Å². The molecule has 0 amide bonds. The summed E-state index contributed by atoms with van der Waals surface area (Å²) in [6.45, 7) is 2.01. The highest BCUT2D eigenvalue weighted by atomic mass is 32.1. The lowest BCUT2D eigenvalue weighted by Gasteiger charge is -2.24. The summed E-state index contributed by atoms with van der Waals surface area (Å²) in [4.78, 5) is 15.2. The van der Waals surface area contributed by atoms with Gasteiger partial charge in [-0.05, 0) is 0 Å². The molecule has 1 fully saturated rings. The van der Waals surface area contributed by atoms with Gasteiger partial charge in [-0.2, -0.15) is 0 Å². The summed E-state index contributed by atoms with van der Waals surface area (Å²) in [5.74, 6) is 0.550. The topological polar surface area (TPSA) is 42.0 Å². The first-order valence-electron chi connectivity index (χ1n) is 3.52. The second kappa shape index (κ2) is 2.71. The highest BCUT2D eigenvalue weighted by Crippen LogP contribution is 2.23. The van der Waals surface area contributed by atoms with Crippen LogP contribution in [0.3, 0.4) is 0 Å². The van der Waals surface area contributed by atoms with Gasteiger partial charge in [0.25, 0.3) is 0 Å². The first-order valence-corrected chi connectivity index (χ1v) is 4.33. The number of hydrogen-bond donors (Lipinski definition) is 1. The molecule has 4 heteroatoms. The third-order valence-corrected chi connectivity index (χ3v) is 2.87. The Bertz CT molecular complexity index is 267. The average Bonchev–Trinajstić information content (AvgIpc) is 2.32. The minimum absolute atomic E-state index is 0.550. The monoisotopic (exact) mass is 168 g/mol. The van der Waals surface area contributed by atoms with Crippen molar-refractivity contribution < 1.29 is 4.79 Å². The van der Waals surface area contributed by atoms with Gasteiger partial charge in [-0.15, -0.1) is 11.3 Å². The Hall–Kier alpha value is -0.740. The minimum atomic E-state index is 0.550. The zero-order chi connectivity index (χ0) is 7.68. The molecule has 0 unspecified atom stereocenters. The smallest absolute Gasteiger partial charge is 0.161 e. The lowest BCUT2D eigenvalue weighted by Crippen LogP contribution is -2.39. The van der Waals surface area contributed by atoms with E-state index in [4.69, 9.17) is 0 Å². The van der Waals surface area contributed by atoms with Crippen molar-refractivity contribution in [2.75, 3.05) is 13.1 Å². The minimum Gasteiger partial charge on any atom is -0.315 e. The van der Waals surface area contributed by atoms with Crippen molar-refractivity contribution >= 4 is 17.6 Å². The molecule has 0 spiro atoms. The number of hydrogen-bond acceptors (Lipinski definition) is 4. The van der Waals surface area contributed by atoms with Crippen LogP contribution in [0.15, 0.2) is 6.20 Å². The molecule has 11 heavy (non-hydrogen) atoms. The maximum Gasteiger partial charge on any atom is 0.161 e. The van der Waals surface area contributed by atoms with E-state index in [-0.39, 0.29) is 0 Å². The number of carbonyl (C=O) groups excluding carboxylic acids is 1. The number of thiazole rings is 1. The number of aromatic nitrogens is 1.